The van der Waals surface area contributed by atoms with E-state index in [0.29, 0.717) is 18.0 Å². The van der Waals surface area contributed by atoms with E-state index in [-0.39, 0.29) is 23.1 Å². The molecule has 1 heterocycles. The Labute approximate surface area is 124 Å². The molecule has 1 aromatic rings. The Morgan fingerprint density at radius 2 is 2.00 bits per heavy atom. The summed E-state index contributed by atoms with van der Waals surface area (Å²) in [4.78, 5) is 0.153. The average Bonchev–Trinajstić information content (AvgIpc) is 2.75. The van der Waals surface area contributed by atoms with Crippen LogP contribution in [0.3, 0.4) is 0 Å². The highest BCUT2D eigenvalue weighted by molar-refractivity contribution is 7.91. The number of aromatic nitrogens is 1. The van der Waals surface area contributed by atoms with Crippen LogP contribution in [0.2, 0.25) is 0 Å². The zero-order valence-electron chi connectivity index (χ0n) is 11.8. The summed E-state index contributed by atoms with van der Waals surface area (Å²) in [5.41, 5.74) is 5.68. The molecule has 6 nitrogen and oxygen atoms in total. The van der Waals surface area contributed by atoms with Crippen LogP contribution in [0.1, 0.15) is 39.0 Å². The third-order valence-electron chi connectivity index (χ3n) is 2.83. The molecule has 0 fully saturated rings. The van der Waals surface area contributed by atoms with Crippen molar-refractivity contribution in [3.63, 3.8) is 0 Å². The molecule has 0 saturated carbocycles. The third-order valence-corrected chi connectivity index (χ3v) is 5.76. The van der Waals surface area contributed by atoms with Gasteiger partial charge in [0.1, 0.15) is 9.90 Å². The predicted molar refractivity (Wildman–Crippen MR) is 82.9 cm³/mol. The van der Waals surface area contributed by atoms with Crippen LogP contribution in [-0.4, -0.2) is 36.8 Å². The van der Waals surface area contributed by atoms with Gasteiger partial charge in [0.2, 0.25) is 0 Å². The summed E-state index contributed by atoms with van der Waals surface area (Å²) in [5, 5.41) is 12.3. The Balaban J connectivity index is 2.59. The second kappa shape index (κ2) is 8.43. The summed E-state index contributed by atoms with van der Waals surface area (Å²) in [6.45, 7) is 2.72. The molecule has 0 saturated heterocycles. The Bertz CT molecular complexity index is 500. The minimum atomic E-state index is -3.35. The maximum Gasteiger partial charge on any atom is 0.185 e. The van der Waals surface area contributed by atoms with Gasteiger partial charge in [-0.1, -0.05) is 19.8 Å². The van der Waals surface area contributed by atoms with Crippen LogP contribution in [0.4, 0.5) is 10.8 Å². The number of hydrogen-bond donors (Lipinski definition) is 3. The van der Waals surface area contributed by atoms with Crippen LogP contribution in [0, 0.1) is 0 Å². The lowest BCUT2D eigenvalue weighted by atomic mass is 10.2. The van der Waals surface area contributed by atoms with Crippen molar-refractivity contribution in [1.29, 1.82) is 0 Å². The number of sulfone groups is 1. The van der Waals surface area contributed by atoms with E-state index in [0.717, 1.165) is 37.2 Å². The maximum atomic E-state index is 12.1. The lowest BCUT2D eigenvalue weighted by Gasteiger charge is -2.07. The van der Waals surface area contributed by atoms with Gasteiger partial charge in [-0.05, 0) is 30.8 Å². The molecule has 116 valence electrons. The number of rotatable bonds is 10. The number of unbranched alkanes of at least 4 members (excludes halogenated alkanes) is 3. The van der Waals surface area contributed by atoms with Gasteiger partial charge in [0.25, 0.3) is 0 Å². The summed E-state index contributed by atoms with van der Waals surface area (Å²) < 4.78 is 28.2. The van der Waals surface area contributed by atoms with Crippen molar-refractivity contribution in [3.8, 4) is 0 Å². The Hall–Kier alpha value is -0.860. The first-order valence-electron chi connectivity index (χ1n) is 6.85. The second-order valence-corrected chi connectivity index (χ2v) is 7.43. The van der Waals surface area contributed by atoms with Crippen LogP contribution < -0.4 is 11.1 Å². The molecule has 4 N–H and O–H groups in total. The number of hydrogen-bond acceptors (Lipinski definition) is 7. The van der Waals surface area contributed by atoms with E-state index in [9.17, 15) is 8.42 Å². The summed E-state index contributed by atoms with van der Waals surface area (Å²) >= 11 is 1.09. The number of nitrogens with zero attached hydrogens (tertiary/aromatic N) is 1. The number of nitrogens with two attached hydrogens (primary N) is 1. The van der Waals surface area contributed by atoms with E-state index < -0.39 is 9.84 Å². The highest BCUT2D eigenvalue weighted by Crippen LogP contribution is 2.32. The lowest BCUT2D eigenvalue weighted by Crippen LogP contribution is -2.11. The van der Waals surface area contributed by atoms with Gasteiger partial charge in [-0.15, -0.1) is 0 Å². The first-order chi connectivity index (χ1) is 9.53. The van der Waals surface area contributed by atoms with Crippen LogP contribution in [-0.2, 0) is 9.84 Å². The zero-order valence-corrected chi connectivity index (χ0v) is 13.4. The minimum Gasteiger partial charge on any atom is -0.396 e. The van der Waals surface area contributed by atoms with Gasteiger partial charge in [0.15, 0.2) is 15.7 Å². The number of anilines is 2. The van der Waals surface area contributed by atoms with E-state index in [1.54, 1.807) is 0 Å². The van der Waals surface area contributed by atoms with Gasteiger partial charge < -0.3 is 16.2 Å². The fourth-order valence-corrected chi connectivity index (χ4v) is 4.52. The van der Waals surface area contributed by atoms with Crippen molar-refractivity contribution in [2.75, 3.05) is 30.0 Å². The number of aliphatic hydroxyl groups is 1. The standard InChI is InChI=1S/C12H23N3O3S2/c1-2-9-20(17,18)10-11(13)15-19-12(10)14-7-5-3-4-6-8-16/h14,16H,2-9H2,1H3,(H2,13,15). The van der Waals surface area contributed by atoms with Crippen molar-refractivity contribution < 1.29 is 13.5 Å². The fraction of sp³-hybridized carbons (Fsp3) is 0.750. The van der Waals surface area contributed by atoms with Crippen molar-refractivity contribution in [2.24, 2.45) is 0 Å². The fourth-order valence-electron chi connectivity index (χ4n) is 1.87. The molecule has 0 unspecified atom stereocenters. The summed E-state index contributed by atoms with van der Waals surface area (Å²) in [7, 11) is -3.35. The molecule has 0 atom stereocenters. The first kappa shape index (κ1) is 17.2. The minimum absolute atomic E-state index is 0.0841. The molecule has 0 bridgehead atoms. The van der Waals surface area contributed by atoms with E-state index in [1.807, 2.05) is 6.92 Å². The van der Waals surface area contributed by atoms with E-state index in [1.165, 1.54) is 0 Å². The monoisotopic (exact) mass is 321 g/mol. The Kier molecular flexibility index (Phi) is 7.25. The van der Waals surface area contributed by atoms with Gasteiger partial charge in [-0.3, -0.25) is 0 Å². The molecule has 0 spiro atoms. The van der Waals surface area contributed by atoms with E-state index in [2.05, 4.69) is 9.69 Å². The molecule has 0 amide bonds. The topological polar surface area (TPSA) is 105 Å². The summed E-state index contributed by atoms with van der Waals surface area (Å²) in [5.74, 6) is 0.173. The van der Waals surface area contributed by atoms with E-state index >= 15 is 0 Å². The average molecular weight is 321 g/mol. The van der Waals surface area contributed by atoms with Crippen molar-refractivity contribution in [3.05, 3.63) is 0 Å². The Morgan fingerprint density at radius 1 is 1.30 bits per heavy atom. The third kappa shape index (κ3) is 4.92. The second-order valence-electron chi connectivity index (χ2n) is 4.61. The van der Waals surface area contributed by atoms with Gasteiger partial charge in [-0.2, -0.15) is 4.37 Å². The molecule has 8 heteroatoms. The normalized spacial score (nSPS) is 11.7. The number of aliphatic hydroxyl groups excluding tert-OH is 1. The Morgan fingerprint density at radius 3 is 2.65 bits per heavy atom. The largest absolute Gasteiger partial charge is 0.396 e. The van der Waals surface area contributed by atoms with E-state index in [4.69, 9.17) is 10.8 Å². The SMILES string of the molecule is CCCS(=O)(=O)c1c(N)nsc1NCCCCCCO. The summed E-state index contributed by atoms with van der Waals surface area (Å²) in [6.07, 6.45) is 4.26. The van der Waals surface area contributed by atoms with Crippen LogP contribution in [0.5, 0.6) is 0 Å². The van der Waals surface area contributed by atoms with Gasteiger partial charge >= 0.3 is 0 Å². The molecule has 1 aromatic heterocycles. The molecule has 20 heavy (non-hydrogen) atoms. The maximum absolute atomic E-state index is 12.1. The summed E-state index contributed by atoms with van der Waals surface area (Å²) in [6, 6.07) is 0. The van der Waals surface area contributed by atoms with Crippen LogP contribution in [0.15, 0.2) is 4.90 Å². The molecule has 0 aromatic carbocycles. The smallest absolute Gasteiger partial charge is 0.185 e. The quantitative estimate of drug-likeness (QED) is 0.568. The highest BCUT2D eigenvalue weighted by atomic mass is 32.2. The van der Waals surface area contributed by atoms with Gasteiger partial charge in [0.05, 0.1) is 5.75 Å². The van der Waals surface area contributed by atoms with Crippen molar-refractivity contribution in [1.82, 2.24) is 4.37 Å². The molecular weight excluding hydrogens is 298 g/mol. The molecule has 0 aliphatic carbocycles. The molecule has 0 aliphatic heterocycles. The molecule has 1 rings (SSSR count). The molecule has 0 radical (unpaired) electrons. The predicted octanol–water partition coefficient (Wildman–Crippen LogP) is 1.87. The van der Waals surface area contributed by atoms with Crippen LogP contribution >= 0.6 is 11.5 Å². The number of nitrogen functional groups attached to an aromatic ring is 1. The molecule has 0 aliphatic rings. The van der Waals surface area contributed by atoms with Crippen LogP contribution in [0.25, 0.3) is 0 Å². The van der Waals surface area contributed by atoms with Gasteiger partial charge in [0, 0.05) is 13.2 Å². The van der Waals surface area contributed by atoms with Gasteiger partial charge in [-0.25, -0.2) is 8.42 Å². The molecular formula is C12H23N3O3S2. The van der Waals surface area contributed by atoms with Crippen molar-refractivity contribution in [2.45, 2.75) is 43.9 Å². The number of nitrogens with one attached hydrogen (secondary N) is 1. The lowest BCUT2D eigenvalue weighted by molar-refractivity contribution is 0.283. The highest BCUT2D eigenvalue weighted by Gasteiger charge is 2.24. The van der Waals surface area contributed by atoms with Crippen molar-refractivity contribution >= 4 is 32.2 Å². The first-order valence-corrected chi connectivity index (χ1v) is 9.28. The zero-order chi connectivity index (χ0) is 15.0.